The predicted octanol–water partition coefficient (Wildman–Crippen LogP) is 0.543. The summed E-state index contributed by atoms with van der Waals surface area (Å²) in [5, 5.41) is 0. The second kappa shape index (κ2) is 3.57. The van der Waals surface area contributed by atoms with Gasteiger partial charge < -0.3 is 14.8 Å². The Morgan fingerprint density at radius 2 is 2.12 bits per heavy atom. The summed E-state index contributed by atoms with van der Waals surface area (Å²) >= 11 is -0.635. The lowest BCUT2D eigenvalue weighted by Crippen LogP contribution is -2.29. The standard InChI is InChI=1S/C5H8N.ClH.Mg/c1-4-5(2,3)6;;/h6H2,2-3H3;1H;/q;;+1/p-1. The Morgan fingerprint density at radius 1 is 1.62 bits per heavy atom. The lowest BCUT2D eigenvalue weighted by Gasteiger charge is -2.07. The molecule has 0 saturated carbocycles. The van der Waals surface area contributed by atoms with Crippen molar-refractivity contribution < 1.29 is 0 Å². The lowest BCUT2D eigenvalue weighted by molar-refractivity contribution is 0.681. The van der Waals surface area contributed by atoms with Crippen LogP contribution in [0.2, 0.25) is 0 Å². The van der Waals surface area contributed by atoms with Crippen LogP contribution in [0.25, 0.3) is 0 Å². The molecule has 0 spiro atoms. The molecule has 0 aromatic carbocycles. The maximum absolute atomic E-state index is 5.51. The highest BCUT2D eigenvalue weighted by molar-refractivity contribution is 6.98. The Kier molecular flexibility index (Phi) is 3.83. The molecular weight excluding hydrogens is 134 g/mol. The van der Waals surface area contributed by atoms with E-state index in [1.54, 1.807) is 0 Å². The van der Waals surface area contributed by atoms with E-state index in [4.69, 9.17) is 14.8 Å². The van der Waals surface area contributed by atoms with E-state index in [1.807, 2.05) is 13.8 Å². The number of nitrogens with two attached hydrogens (primary N) is 1. The SMILES string of the molecule is CC(C)(N)C#[C][Mg][Cl]. The molecule has 0 saturated heterocycles. The van der Waals surface area contributed by atoms with E-state index in [0.29, 0.717) is 0 Å². The van der Waals surface area contributed by atoms with Crippen LogP contribution in [-0.4, -0.2) is 24.8 Å². The molecule has 0 aromatic rings. The third-order valence-corrected chi connectivity index (χ3v) is 1.19. The van der Waals surface area contributed by atoms with Crippen molar-refractivity contribution in [1.29, 1.82) is 0 Å². The molecule has 0 aliphatic carbocycles. The zero-order valence-electron chi connectivity index (χ0n) is 5.16. The zero-order valence-corrected chi connectivity index (χ0v) is 7.33. The summed E-state index contributed by atoms with van der Waals surface area (Å²) in [6, 6.07) is 0. The van der Waals surface area contributed by atoms with Crippen LogP contribution in [0.15, 0.2) is 0 Å². The monoisotopic (exact) mass is 141 g/mol. The Hall–Kier alpha value is 0.576. The van der Waals surface area contributed by atoms with Gasteiger partial charge in [0.15, 0.2) is 0 Å². The van der Waals surface area contributed by atoms with E-state index in [0.717, 1.165) is 0 Å². The minimum atomic E-state index is -0.635. The van der Waals surface area contributed by atoms with Gasteiger partial charge in [-0.3, -0.25) is 0 Å². The maximum atomic E-state index is 5.51. The molecule has 0 radical (unpaired) electrons. The van der Waals surface area contributed by atoms with Gasteiger partial charge in [-0.1, -0.05) is 0 Å². The number of rotatable bonds is 0. The largest absolute Gasteiger partial charge is 0.599 e. The fourth-order valence-electron chi connectivity index (χ4n) is 0.261. The highest BCUT2D eigenvalue weighted by Crippen LogP contribution is 1.90. The van der Waals surface area contributed by atoms with Gasteiger partial charge in [0.05, 0.1) is 5.54 Å². The molecule has 0 aliphatic heterocycles. The van der Waals surface area contributed by atoms with Gasteiger partial charge in [0.2, 0.25) is 0 Å². The first kappa shape index (κ1) is 8.58. The van der Waals surface area contributed by atoms with Gasteiger partial charge in [0.1, 0.15) is 0 Å². The van der Waals surface area contributed by atoms with Gasteiger partial charge >= 0.3 is 19.3 Å². The molecule has 2 N–H and O–H groups in total. The Bertz CT molecular complexity index is 117. The molecule has 8 heavy (non-hydrogen) atoms. The third-order valence-electron chi connectivity index (χ3n) is 0.477. The number of hydrogen-bond acceptors (Lipinski definition) is 1. The molecule has 1 nitrogen and oxygen atoms in total. The van der Waals surface area contributed by atoms with Crippen LogP contribution in [0.1, 0.15) is 13.8 Å². The summed E-state index contributed by atoms with van der Waals surface area (Å²) in [5.41, 5.74) is 5.15. The van der Waals surface area contributed by atoms with E-state index in [2.05, 4.69) is 9.97 Å². The van der Waals surface area contributed by atoms with Crippen molar-refractivity contribution in [2.24, 2.45) is 5.73 Å². The third kappa shape index (κ3) is 6.58. The second-order valence-electron chi connectivity index (χ2n) is 2.16. The molecule has 0 aliphatic rings. The lowest BCUT2D eigenvalue weighted by atomic mass is 10.1. The minimum Gasteiger partial charge on any atom is -0.316 e. The maximum Gasteiger partial charge on any atom is 0.599 e. The first-order valence-electron chi connectivity index (χ1n) is 2.41. The van der Waals surface area contributed by atoms with Gasteiger partial charge in [-0.2, -0.15) is 0 Å². The van der Waals surface area contributed by atoms with Crippen molar-refractivity contribution in [1.82, 2.24) is 0 Å². The van der Waals surface area contributed by atoms with Crippen LogP contribution >= 0.6 is 9.07 Å². The molecule has 0 heterocycles. The predicted molar refractivity (Wildman–Crippen MR) is 37.6 cm³/mol. The summed E-state index contributed by atoms with van der Waals surface area (Å²) in [6.07, 6.45) is 0. The molecule has 0 atom stereocenters. The van der Waals surface area contributed by atoms with Crippen molar-refractivity contribution in [3.63, 3.8) is 0 Å². The summed E-state index contributed by atoms with van der Waals surface area (Å²) < 4.78 is 2.82. The average molecular weight is 142 g/mol. The summed E-state index contributed by atoms with van der Waals surface area (Å²) in [4.78, 5) is 0. The van der Waals surface area contributed by atoms with Crippen LogP contribution in [0.3, 0.4) is 0 Å². The van der Waals surface area contributed by atoms with Gasteiger partial charge in [-0.15, -0.1) is 5.92 Å². The molecule has 3 heteroatoms. The smallest absolute Gasteiger partial charge is 0.316 e. The second-order valence-corrected chi connectivity index (χ2v) is 3.58. The van der Waals surface area contributed by atoms with Gasteiger partial charge in [0, 0.05) is 0 Å². The molecule has 0 aromatic heterocycles. The van der Waals surface area contributed by atoms with E-state index < -0.39 is 19.3 Å². The highest BCUT2D eigenvalue weighted by Gasteiger charge is 2.02. The Labute approximate surface area is 63.5 Å². The van der Waals surface area contributed by atoms with E-state index in [1.165, 1.54) is 0 Å². The molecule has 0 unspecified atom stereocenters. The first-order valence-corrected chi connectivity index (χ1v) is 5.25. The van der Waals surface area contributed by atoms with Crippen molar-refractivity contribution in [3.05, 3.63) is 0 Å². The highest BCUT2D eigenvalue weighted by atomic mass is 35.5. The molecule has 42 valence electrons. The Morgan fingerprint density at radius 3 is 2.25 bits per heavy atom. The molecular formula is C5H8ClMgN. The number of halogens is 1. The normalized spacial score (nSPS) is 9.00. The van der Waals surface area contributed by atoms with Crippen LogP contribution < -0.4 is 5.73 Å². The van der Waals surface area contributed by atoms with Crippen molar-refractivity contribution in [3.8, 4) is 9.97 Å². The van der Waals surface area contributed by atoms with Gasteiger partial charge in [-0.25, -0.2) is 4.05 Å². The first-order chi connectivity index (χ1) is 3.56. The minimum absolute atomic E-state index is 0.359. The molecule has 0 fully saturated rings. The van der Waals surface area contributed by atoms with E-state index in [-0.39, 0.29) is 5.54 Å². The van der Waals surface area contributed by atoms with Crippen molar-refractivity contribution >= 4 is 28.3 Å². The van der Waals surface area contributed by atoms with Gasteiger partial charge in [-0.05, 0) is 13.8 Å². The fraction of sp³-hybridized carbons (Fsp3) is 0.600. The van der Waals surface area contributed by atoms with Gasteiger partial charge in [0.25, 0.3) is 0 Å². The summed E-state index contributed by atoms with van der Waals surface area (Å²) in [7, 11) is 5.42. The summed E-state index contributed by atoms with van der Waals surface area (Å²) in [6.45, 7) is 3.72. The van der Waals surface area contributed by atoms with Crippen LogP contribution in [-0.2, 0) is 0 Å². The van der Waals surface area contributed by atoms with Crippen LogP contribution in [0, 0.1) is 9.97 Å². The number of hydrogen-bond donors (Lipinski definition) is 1. The molecule has 0 bridgehead atoms. The fourth-order valence-corrected chi connectivity index (χ4v) is 0.984. The summed E-state index contributed by atoms with van der Waals surface area (Å²) in [5.74, 6) is 2.83. The van der Waals surface area contributed by atoms with Crippen molar-refractivity contribution in [2.75, 3.05) is 0 Å². The topological polar surface area (TPSA) is 26.0 Å². The molecule has 0 rings (SSSR count). The van der Waals surface area contributed by atoms with E-state index in [9.17, 15) is 0 Å². The molecule has 0 amide bonds. The van der Waals surface area contributed by atoms with E-state index >= 15 is 0 Å². The van der Waals surface area contributed by atoms with Crippen LogP contribution in [0.5, 0.6) is 0 Å². The quantitative estimate of drug-likeness (QED) is 0.387. The van der Waals surface area contributed by atoms with Crippen LogP contribution in [0.4, 0.5) is 0 Å². The van der Waals surface area contributed by atoms with Crippen molar-refractivity contribution in [2.45, 2.75) is 19.4 Å². The zero-order chi connectivity index (χ0) is 6.62. The average Bonchev–Trinajstić information content (AvgIpc) is 1.59. The Balaban J connectivity index is 3.69.